The normalized spacial score (nSPS) is 21.7. The summed E-state index contributed by atoms with van der Waals surface area (Å²) in [5.41, 5.74) is 1.56. The predicted molar refractivity (Wildman–Crippen MR) is 127 cm³/mol. The Morgan fingerprint density at radius 1 is 0.722 bits per heavy atom. The molecule has 2 fully saturated rings. The van der Waals surface area contributed by atoms with Gasteiger partial charge < -0.3 is 0 Å². The highest BCUT2D eigenvalue weighted by Gasteiger charge is 2.47. The summed E-state index contributed by atoms with van der Waals surface area (Å²) in [7, 11) is 0. The lowest BCUT2D eigenvalue weighted by molar-refractivity contribution is -0.199. The highest BCUT2D eigenvalue weighted by atomic mass is 35.5. The maximum atomic E-state index is 12.8. The van der Waals surface area contributed by atoms with Gasteiger partial charge in [-0.15, -0.1) is 0 Å². The number of imide groups is 2. The fourth-order valence-electron chi connectivity index (χ4n) is 4.40. The number of amides is 4. The van der Waals surface area contributed by atoms with E-state index in [1.165, 1.54) is 0 Å². The van der Waals surface area contributed by atoms with Gasteiger partial charge in [0.05, 0.1) is 11.8 Å². The summed E-state index contributed by atoms with van der Waals surface area (Å²) in [4.78, 5) is 72.4. The van der Waals surface area contributed by atoms with E-state index in [4.69, 9.17) is 32.9 Å². The van der Waals surface area contributed by atoms with Crippen molar-refractivity contribution in [2.75, 3.05) is 0 Å². The number of benzene rings is 2. The van der Waals surface area contributed by atoms with Gasteiger partial charge in [-0.3, -0.25) is 28.9 Å². The highest BCUT2D eigenvalue weighted by molar-refractivity contribution is 6.30. The molecule has 188 valence electrons. The number of carbonyl (C=O) groups is 5. The Bertz CT molecular complexity index is 1120. The molecule has 0 aromatic heterocycles. The van der Waals surface area contributed by atoms with Gasteiger partial charge in [0.1, 0.15) is 0 Å². The topological polar surface area (TPSA) is 110 Å². The van der Waals surface area contributed by atoms with Crippen LogP contribution in [0.15, 0.2) is 48.5 Å². The Hall–Kier alpha value is -3.43. The highest BCUT2D eigenvalue weighted by Crippen LogP contribution is 2.36. The minimum atomic E-state index is -1.54. The molecule has 2 aliphatic heterocycles. The monoisotopic (exact) mass is 532 g/mol. The van der Waals surface area contributed by atoms with Crippen molar-refractivity contribution in [2.45, 2.75) is 38.5 Å². The van der Waals surface area contributed by atoms with Crippen LogP contribution in [0.1, 0.15) is 49.7 Å². The van der Waals surface area contributed by atoms with Crippen LogP contribution in [0.3, 0.4) is 0 Å². The Morgan fingerprint density at radius 2 is 1.06 bits per heavy atom. The van der Waals surface area contributed by atoms with Gasteiger partial charge in [0.15, 0.2) is 0 Å². The predicted octanol–water partition coefficient (Wildman–Crippen LogP) is 4.63. The van der Waals surface area contributed by atoms with E-state index >= 15 is 0 Å². The molecule has 9 nitrogen and oxygen atoms in total. The second kappa shape index (κ2) is 10.3. The van der Waals surface area contributed by atoms with Crippen molar-refractivity contribution in [1.82, 2.24) is 10.1 Å². The molecule has 2 saturated heterocycles. The van der Waals surface area contributed by atoms with Gasteiger partial charge in [-0.2, -0.15) is 4.79 Å². The zero-order chi connectivity index (χ0) is 26.1. The minimum absolute atomic E-state index is 0.182. The van der Waals surface area contributed by atoms with E-state index in [-0.39, 0.29) is 24.7 Å². The molecule has 0 unspecified atom stereocenters. The van der Waals surface area contributed by atoms with Crippen LogP contribution in [0.5, 0.6) is 0 Å². The molecule has 0 radical (unpaired) electrons. The summed E-state index contributed by atoms with van der Waals surface area (Å²) in [6.07, 6.45) is -1.91. The van der Waals surface area contributed by atoms with Crippen molar-refractivity contribution in [3.05, 3.63) is 69.7 Å². The van der Waals surface area contributed by atoms with Gasteiger partial charge >= 0.3 is 6.16 Å². The van der Waals surface area contributed by atoms with Crippen molar-refractivity contribution in [3.63, 3.8) is 0 Å². The van der Waals surface area contributed by atoms with E-state index < -0.39 is 41.6 Å². The van der Waals surface area contributed by atoms with Crippen molar-refractivity contribution in [3.8, 4) is 0 Å². The van der Waals surface area contributed by atoms with Gasteiger partial charge in [-0.1, -0.05) is 71.4 Å². The molecule has 0 aliphatic carbocycles. The van der Waals surface area contributed by atoms with Crippen LogP contribution in [0, 0.1) is 11.8 Å². The van der Waals surface area contributed by atoms with Crippen molar-refractivity contribution >= 4 is 53.0 Å². The Balaban J connectivity index is 1.38. The lowest BCUT2D eigenvalue weighted by Crippen LogP contribution is -2.39. The van der Waals surface area contributed by atoms with Crippen LogP contribution in [0.25, 0.3) is 0 Å². The summed E-state index contributed by atoms with van der Waals surface area (Å²) in [5, 5.41) is 1.70. The second-order valence-corrected chi connectivity index (χ2v) is 9.66. The zero-order valence-electron chi connectivity index (χ0n) is 19.4. The molecule has 4 atom stereocenters. The number of hydrogen-bond donors (Lipinski definition) is 0. The molecule has 11 heteroatoms. The van der Waals surface area contributed by atoms with Crippen molar-refractivity contribution < 1.29 is 33.6 Å². The minimum Gasteiger partial charge on any atom is -0.293 e. The summed E-state index contributed by atoms with van der Waals surface area (Å²) < 4.78 is 0. The first kappa shape index (κ1) is 25.7. The largest absolute Gasteiger partial charge is 0.560 e. The molecule has 4 rings (SSSR count). The zero-order valence-corrected chi connectivity index (χ0v) is 20.9. The van der Waals surface area contributed by atoms with E-state index in [0.29, 0.717) is 20.2 Å². The summed E-state index contributed by atoms with van der Waals surface area (Å²) >= 11 is 11.8. The van der Waals surface area contributed by atoms with Crippen LogP contribution in [-0.4, -0.2) is 39.9 Å². The third kappa shape index (κ3) is 5.08. The number of nitrogens with zero attached hydrogens (tertiary/aromatic N) is 2. The average molecular weight is 533 g/mol. The fraction of sp³-hybridized carbons (Fsp3) is 0.320. The number of hydrogen-bond acceptors (Lipinski definition) is 7. The fourth-order valence-corrected chi connectivity index (χ4v) is 4.65. The van der Waals surface area contributed by atoms with Crippen LogP contribution in [0.2, 0.25) is 10.0 Å². The molecule has 0 N–H and O–H groups in total. The second-order valence-electron chi connectivity index (χ2n) is 8.79. The van der Waals surface area contributed by atoms with E-state index in [1.54, 1.807) is 62.4 Å². The number of halogens is 2. The smallest absolute Gasteiger partial charge is 0.293 e. The van der Waals surface area contributed by atoms with Crippen molar-refractivity contribution in [2.24, 2.45) is 11.8 Å². The van der Waals surface area contributed by atoms with E-state index in [2.05, 4.69) is 0 Å². The molecule has 2 aromatic rings. The first-order valence-electron chi connectivity index (χ1n) is 11.2. The van der Waals surface area contributed by atoms with Gasteiger partial charge in [-0.05, 0) is 47.2 Å². The van der Waals surface area contributed by atoms with Gasteiger partial charge in [0.25, 0.3) is 23.6 Å². The molecule has 2 aliphatic rings. The van der Waals surface area contributed by atoms with Gasteiger partial charge in [-0.25, -0.2) is 0 Å². The molecule has 0 spiro atoms. The molecular formula is C25H22Cl2N2O7. The van der Waals surface area contributed by atoms with E-state index in [1.807, 2.05) is 0 Å². The third-order valence-electron chi connectivity index (χ3n) is 6.61. The Kier molecular flexibility index (Phi) is 7.33. The lowest BCUT2D eigenvalue weighted by Gasteiger charge is -2.20. The molecule has 0 saturated carbocycles. The summed E-state index contributed by atoms with van der Waals surface area (Å²) in [6, 6.07) is 13.7. The van der Waals surface area contributed by atoms with Crippen LogP contribution in [-0.2, 0) is 28.9 Å². The first-order chi connectivity index (χ1) is 17.1. The third-order valence-corrected chi connectivity index (χ3v) is 7.11. The molecule has 2 aromatic carbocycles. The first-order valence-corrected chi connectivity index (χ1v) is 12.0. The Labute approximate surface area is 216 Å². The maximum absolute atomic E-state index is 12.8. The average Bonchev–Trinajstić information content (AvgIpc) is 3.29. The molecular weight excluding hydrogens is 511 g/mol. The SMILES string of the molecule is C[C@@H](c1ccc(Cl)cc1)[C@H]1CC(=O)N(OC(=O)ON2C(=O)C[C@H]([C@@H](C)c3ccc(Cl)cc3)C2=O)C1=O. The maximum Gasteiger partial charge on any atom is 0.560 e. The number of hydroxylamine groups is 4. The van der Waals surface area contributed by atoms with Crippen LogP contribution >= 0.6 is 23.2 Å². The Morgan fingerprint density at radius 3 is 1.39 bits per heavy atom. The van der Waals surface area contributed by atoms with E-state index in [0.717, 1.165) is 11.1 Å². The summed E-state index contributed by atoms with van der Waals surface area (Å²) in [5.74, 6) is -5.20. The molecule has 4 amide bonds. The number of carbonyl (C=O) groups excluding carboxylic acids is 5. The van der Waals surface area contributed by atoms with Crippen LogP contribution in [0.4, 0.5) is 4.79 Å². The lowest BCUT2D eigenvalue weighted by atomic mass is 9.86. The quantitative estimate of drug-likeness (QED) is 0.498. The molecule has 36 heavy (non-hydrogen) atoms. The number of rotatable bonds is 6. The van der Waals surface area contributed by atoms with Gasteiger partial charge in [0.2, 0.25) is 0 Å². The molecule has 2 heterocycles. The molecule has 0 bridgehead atoms. The van der Waals surface area contributed by atoms with Gasteiger partial charge in [0, 0.05) is 22.9 Å². The van der Waals surface area contributed by atoms with Crippen molar-refractivity contribution in [1.29, 1.82) is 0 Å². The summed E-state index contributed by atoms with van der Waals surface area (Å²) in [6.45, 7) is 3.54. The van der Waals surface area contributed by atoms with Crippen LogP contribution < -0.4 is 0 Å². The van der Waals surface area contributed by atoms with E-state index in [9.17, 15) is 24.0 Å². The standard InChI is InChI=1S/C25H22Cl2N2O7/c1-13(15-3-7-17(26)8-4-15)19-11-21(30)28(23(19)32)35-25(34)36-29-22(31)12-20(24(29)33)14(2)16-5-9-18(27)10-6-16/h3-10,13-14,19-20H,11-12H2,1-2H3/t13-,14-,19+,20+/m0/s1.